The van der Waals surface area contributed by atoms with Crippen LogP contribution in [0.15, 0.2) is 24.3 Å². The van der Waals surface area contributed by atoms with Crippen LogP contribution < -0.4 is 5.32 Å². The average Bonchev–Trinajstić information content (AvgIpc) is 2.48. The summed E-state index contributed by atoms with van der Waals surface area (Å²) in [4.78, 5) is 0. The van der Waals surface area contributed by atoms with E-state index in [4.69, 9.17) is 0 Å². The summed E-state index contributed by atoms with van der Waals surface area (Å²) in [5.74, 6) is 2.74. The maximum atomic E-state index is 3.50. The summed E-state index contributed by atoms with van der Waals surface area (Å²) in [5.41, 5.74) is 2.96. The zero-order valence-corrected chi connectivity index (χ0v) is 8.66. The Balaban J connectivity index is 1.83. The summed E-state index contributed by atoms with van der Waals surface area (Å²) in [5, 5.41) is 3.50. The maximum absolute atomic E-state index is 3.50. The van der Waals surface area contributed by atoms with Gasteiger partial charge in [-0.05, 0) is 49.8 Å². The molecule has 1 nitrogen and oxygen atoms in total. The van der Waals surface area contributed by atoms with E-state index in [-0.39, 0.29) is 0 Å². The second-order valence-electron chi connectivity index (χ2n) is 4.84. The lowest BCUT2D eigenvalue weighted by Gasteiger charge is -2.40. The molecule has 1 heteroatoms. The second-order valence-corrected chi connectivity index (χ2v) is 4.84. The number of rotatable bonds is 1. The van der Waals surface area contributed by atoms with Crippen molar-refractivity contribution < 1.29 is 0 Å². The number of fused-ring (bicyclic) bond motifs is 1. The highest BCUT2D eigenvalue weighted by atomic mass is 14.9. The molecule has 1 aromatic carbocycles. The zero-order chi connectivity index (χ0) is 9.54. The van der Waals surface area contributed by atoms with Crippen molar-refractivity contribution in [1.29, 1.82) is 0 Å². The molecule has 2 fully saturated rings. The van der Waals surface area contributed by atoms with Crippen LogP contribution in [0.25, 0.3) is 0 Å². The van der Waals surface area contributed by atoms with Crippen molar-refractivity contribution in [3.05, 3.63) is 35.4 Å². The van der Waals surface area contributed by atoms with Gasteiger partial charge in [-0.2, -0.15) is 0 Å². The predicted octanol–water partition coefficient (Wildman–Crippen LogP) is 2.32. The second kappa shape index (κ2) is 3.09. The third-order valence-electron chi connectivity index (χ3n) is 3.94. The van der Waals surface area contributed by atoms with E-state index in [0.29, 0.717) is 0 Å². The van der Waals surface area contributed by atoms with Gasteiger partial charge in [0.15, 0.2) is 0 Å². The van der Waals surface area contributed by atoms with Crippen LogP contribution in [0.4, 0.5) is 0 Å². The van der Waals surface area contributed by atoms with Crippen molar-refractivity contribution in [2.24, 2.45) is 11.8 Å². The van der Waals surface area contributed by atoms with E-state index < -0.39 is 0 Å². The molecule has 1 aromatic rings. The predicted molar refractivity (Wildman–Crippen MR) is 58.4 cm³/mol. The first-order valence-corrected chi connectivity index (χ1v) is 5.62. The van der Waals surface area contributed by atoms with Crippen molar-refractivity contribution in [1.82, 2.24) is 5.32 Å². The van der Waals surface area contributed by atoms with E-state index in [9.17, 15) is 0 Å². The molecule has 0 amide bonds. The van der Waals surface area contributed by atoms with Gasteiger partial charge in [-0.15, -0.1) is 0 Å². The van der Waals surface area contributed by atoms with Gasteiger partial charge in [-0.25, -0.2) is 0 Å². The van der Waals surface area contributed by atoms with Crippen LogP contribution in [0.2, 0.25) is 0 Å². The van der Waals surface area contributed by atoms with Gasteiger partial charge in [-0.3, -0.25) is 0 Å². The van der Waals surface area contributed by atoms with Gasteiger partial charge in [0.25, 0.3) is 0 Å². The Morgan fingerprint density at radius 1 is 1.29 bits per heavy atom. The van der Waals surface area contributed by atoms with Gasteiger partial charge < -0.3 is 5.32 Å². The number of nitrogens with one attached hydrogen (secondary N) is 1. The maximum Gasteiger partial charge on any atom is -0.00114 e. The number of hydrogen-bond donors (Lipinski definition) is 1. The third-order valence-corrected chi connectivity index (χ3v) is 3.94. The van der Waals surface area contributed by atoms with Crippen molar-refractivity contribution in [3.8, 4) is 0 Å². The summed E-state index contributed by atoms with van der Waals surface area (Å²) >= 11 is 0. The van der Waals surface area contributed by atoms with Crippen molar-refractivity contribution in [2.45, 2.75) is 19.3 Å². The molecular weight excluding hydrogens is 170 g/mol. The molecule has 74 valence electrons. The van der Waals surface area contributed by atoms with Crippen LogP contribution >= 0.6 is 0 Å². The van der Waals surface area contributed by atoms with Gasteiger partial charge in [0.1, 0.15) is 0 Å². The molecule has 0 bridgehead atoms. The van der Waals surface area contributed by atoms with Crippen LogP contribution in [0.5, 0.6) is 0 Å². The summed E-state index contributed by atoms with van der Waals surface area (Å²) < 4.78 is 0. The minimum absolute atomic E-state index is 0.842. The van der Waals surface area contributed by atoms with Crippen LogP contribution in [0.1, 0.15) is 23.5 Å². The first-order valence-electron chi connectivity index (χ1n) is 5.62. The lowest BCUT2D eigenvalue weighted by molar-refractivity contribution is 0.191. The number of aryl methyl sites for hydroxylation is 1. The van der Waals surface area contributed by atoms with Crippen LogP contribution in [-0.2, 0) is 0 Å². The third kappa shape index (κ3) is 1.19. The largest absolute Gasteiger partial charge is 0.316 e. The van der Waals surface area contributed by atoms with Gasteiger partial charge >= 0.3 is 0 Å². The van der Waals surface area contributed by atoms with Crippen LogP contribution in [0.3, 0.4) is 0 Å². The minimum atomic E-state index is 0.842. The van der Waals surface area contributed by atoms with Gasteiger partial charge in [0.05, 0.1) is 0 Å². The molecule has 14 heavy (non-hydrogen) atoms. The SMILES string of the molecule is Cc1cccc([C@@H]2C[C@@H]3CNC[C@@H]32)c1. The van der Waals surface area contributed by atoms with E-state index in [1.807, 2.05) is 0 Å². The first-order chi connectivity index (χ1) is 6.84. The molecule has 1 heterocycles. The van der Waals surface area contributed by atoms with E-state index >= 15 is 0 Å². The van der Waals surface area contributed by atoms with E-state index in [1.54, 1.807) is 5.56 Å². The van der Waals surface area contributed by atoms with Gasteiger partial charge in [0, 0.05) is 0 Å². The molecule has 3 rings (SSSR count). The van der Waals surface area contributed by atoms with Crippen molar-refractivity contribution in [3.63, 3.8) is 0 Å². The molecule has 1 N–H and O–H groups in total. The first kappa shape index (κ1) is 8.49. The summed E-state index contributed by atoms with van der Waals surface area (Å²) in [6.45, 7) is 4.68. The molecule has 1 aliphatic heterocycles. The molecule has 3 atom stereocenters. The fraction of sp³-hybridized carbons (Fsp3) is 0.538. The van der Waals surface area contributed by atoms with Gasteiger partial charge in [-0.1, -0.05) is 29.8 Å². The normalized spacial score (nSPS) is 35.1. The fourth-order valence-corrected chi connectivity index (χ4v) is 3.07. The molecule has 0 unspecified atom stereocenters. The Morgan fingerprint density at radius 2 is 2.21 bits per heavy atom. The number of hydrogen-bond acceptors (Lipinski definition) is 1. The van der Waals surface area contributed by atoms with Crippen LogP contribution in [0, 0.1) is 18.8 Å². The molecule has 0 aromatic heterocycles. The number of benzene rings is 1. The quantitative estimate of drug-likeness (QED) is 0.711. The van der Waals surface area contributed by atoms with Crippen LogP contribution in [-0.4, -0.2) is 13.1 Å². The van der Waals surface area contributed by atoms with E-state index in [1.165, 1.54) is 25.1 Å². The lowest BCUT2D eigenvalue weighted by Crippen LogP contribution is -2.33. The summed E-state index contributed by atoms with van der Waals surface area (Å²) in [6, 6.07) is 9.04. The van der Waals surface area contributed by atoms with Gasteiger partial charge in [0.2, 0.25) is 0 Å². The minimum Gasteiger partial charge on any atom is -0.316 e. The Bertz CT molecular complexity index is 345. The molecule has 2 aliphatic rings. The smallest absolute Gasteiger partial charge is 0.00114 e. The summed E-state index contributed by atoms with van der Waals surface area (Å²) in [6.07, 6.45) is 1.40. The Labute approximate surface area is 85.5 Å². The molecule has 0 radical (unpaired) electrons. The average molecular weight is 187 g/mol. The highest BCUT2D eigenvalue weighted by Gasteiger charge is 2.44. The van der Waals surface area contributed by atoms with Crippen molar-refractivity contribution >= 4 is 0 Å². The fourth-order valence-electron chi connectivity index (χ4n) is 3.07. The summed E-state index contributed by atoms with van der Waals surface area (Å²) in [7, 11) is 0. The highest BCUT2D eigenvalue weighted by molar-refractivity contribution is 5.29. The molecule has 1 saturated carbocycles. The highest BCUT2D eigenvalue weighted by Crippen LogP contribution is 2.48. The topological polar surface area (TPSA) is 12.0 Å². The molecule has 1 saturated heterocycles. The van der Waals surface area contributed by atoms with E-state index in [2.05, 4.69) is 36.5 Å². The van der Waals surface area contributed by atoms with Crippen molar-refractivity contribution in [2.75, 3.05) is 13.1 Å². The molecule has 1 aliphatic carbocycles. The monoisotopic (exact) mass is 187 g/mol. The zero-order valence-electron chi connectivity index (χ0n) is 8.66. The van der Waals surface area contributed by atoms with E-state index in [0.717, 1.165) is 17.8 Å². The standard InChI is InChI=1S/C13H17N/c1-9-3-2-4-10(5-9)12-6-11-7-14-8-13(11)12/h2-5,11-14H,6-8H2,1H3/t11-,12+,13+/m1/s1. The lowest BCUT2D eigenvalue weighted by atomic mass is 9.64. The molecular formula is C13H17N. The Kier molecular flexibility index (Phi) is 1.88. The Hall–Kier alpha value is -0.820. The molecule has 0 spiro atoms. The Morgan fingerprint density at radius 3 is 3.00 bits per heavy atom.